The Morgan fingerprint density at radius 2 is 1.96 bits per heavy atom. The van der Waals surface area contributed by atoms with Crippen molar-refractivity contribution in [2.24, 2.45) is 5.73 Å². The SMILES string of the molecule is CC(NC(=O)C(N)Cc1ccccc1)C(=O)N1CC(=O)NCC1=O. The monoisotopic (exact) mass is 332 g/mol. The van der Waals surface area contributed by atoms with Gasteiger partial charge in [0.05, 0.1) is 12.6 Å². The molecule has 1 heterocycles. The van der Waals surface area contributed by atoms with E-state index in [1.807, 2.05) is 30.3 Å². The molecule has 8 heteroatoms. The second kappa shape index (κ2) is 7.69. The van der Waals surface area contributed by atoms with E-state index in [2.05, 4.69) is 10.6 Å². The van der Waals surface area contributed by atoms with Crippen molar-refractivity contribution in [3.8, 4) is 0 Å². The van der Waals surface area contributed by atoms with Crippen molar-refractivity contribution in [1.82, 2.24) is 15.5 Å². The summed E-state index contributed by atoms with van der Waals surface area (Å²) in [4.78, 5) is 48.2. The maximum Gasteiger partial charge on any atom is 0.251 e. The molecule has 1 aromatic carbocycles. The molecule has 8 nitrogen and oxygen atoms in total. The zero-order valence-corrected chi connectivity index (χ0v) is 13.3. The van der Waals surface area contributed by atoms with E-state index in [-0.39, 0.29) is 13.1 Å². The molecule has 0 spiro atoms. The van der Waals surface area contributed by atoms with E-state index in [0.29, 0.717) is 6.42 Å². The average Bonchev–Trinajstić information content (AvgIpc) is 2.57. The van der Waals surface area contributed by atoms with Crippen LogP contribution < -0.4 is 16.4 Å². The maximum absolute atomic E-state index is 12.2. The summed E-state index contributed by atoms with van der Waals surface area (Å²) < 4.78 is 0. The van der Waals surface area contributed by atoms with Crippen LogP contribution in [-0.2, 0) is 25.6 Å². The van der Waals surface area contributed by atoms with Gasteiger partial charge in [0, 0.05) is 0 Å². The van der Waals surface area contributed by atoms with Crippen molar-refractivity contribution in [1.29, 1.82) is 0 Å². The first-order valence-corrected chi connectivity index (χ1v) is 7.59. The van der Waals surface area contributed by atoms with Gasteiger partial charge in [-0.25, -0.2) is 0 Å². The first-order valence-electron chi connectivity index (χ1n) is 7.59. The van der Waals surface area contributed by atoms with E-state index in [0.717, 1.165) is 10.5 Å². The molecule has 1 saturated heterocycles. The van der Waals surface area contributed by atoms with Gasteiger partial charge < -0.3 is 16.4 Å². The minimum Gasteiger partial charge on any atom is -0.345 e. The fourth-order valence-electron chi connectivity index (χ4n) is 2.33. The number of nitrogens with one attached hydrogen (secondary N) is 2. The molecule has 1 fully saturated rings. The number of imide groups is 1. The quantitative estimate of drug-likeness (QED) is 0.609. The van der Waals surface area contributed by atoms with E-state index in [4.69, 9.17) is 5.73 Å². The predicted molar refractivity (Wildman–Crippen MR) is 85.5 cm³/mol. The van der Waals surface area contributed by atoms with E-state index < -0.39 is 35.7 Å². The van der Waals surface area contributed by atoms with E-state index in [1.165, 1.54) is 6.92 Å². The van der Waals surface area contributed by atoms with Crippen LogP contribution >= 0.6 is 0 Å². The smallest absolute Gasteiger partial charge is 0.251 e. The molecule has 0 saturated carbocycles. The molecule has 2 rings (SSSR count). The lowest BCUT2D eigenvalue weighted by Crippen LogP contribution is -2.59. The van der Waals surface area contributed by atoms with Crippen molar-refractivity contribution in [2.75, 3.05) is 13.1 Å². The molecule has 1 aliphatic heterocycles. The molecule has 4 N–H and O–H groups in total. The van der Waals surface area contributed by atoms with E-state index in [9.17, 15) is 19.2 Å². The van der Waals surface area contributed by atoms with Gasteiger partial charge in [-0.2, -0.15) is 0 Å². The normalized spacial score (nSPS) is 17.0. The molecule has 2 atom stereocenters. The van der Waals surface area contributed by atoms with Crippen molar-refractivity contribution in [2.45, 2.75) is 25.4 Å². The first-order chi connectivity index (χ1) is 11.4. The van der Waals surface area contributed by atoms with Gasteiger partial charge in [-0.3, -0.25) is 24.1 Å². The zero-order chi connectivity index (χ0) is 17.7. The predicted octanol–water partition coefficient (Wildman–Crippen LogP) is -1.45. The number of rotatable bonds is 5. The van der Waals surface area contributed by atoms with Gasteiger partial charge in [0.1, 0.15) is 12.6 Å². The van der Waals surface area contributed by atoms with Crippen LogP contribution in [0.3, 0.4) is 0 Å². The third-order valence-electron chi connectivity index (χ3n) is 3.67. The standard InChI is InChI=1S/C16H20N4O4/c1-10(16(24)20-9-13(21)18-8-14(20)22)19-15(23)12(17)7-11-5-3-2-4-6-11/h2-6,10,12H,7-9,17H2,1H3,(H,18,21)(H,19,23). The maximum atomic E-state index is 12.2. The number of carbonyl (C=O) groups excluding carboxylic acids is 4. The molecule has 0 aliphatic carbocycles. The Kier molecular flexibility index (Phi) is 5.64. The van der Waals surface area contributed by atoms with Gasteiger partial charge in [-0.1, -0.05) is 30.3 Å². The summed E-state index contributed by atoms with van der Waals surface area (Å²) in [6, 6.07) is 7.50. The lowest BCUT2D eigenvalue weighted by atomic mass is 10.1. The number of carbonyl (C=O) groups is 4. The summed E-state index contributed by atoms with van der Waals surface area (Å²) >= 11 is 0. The number of nitrogens with zero attached hydrogens (tertiary/aromatic N) is 1. The van der Waals surface area contributed by atoms with Crippen LogP contribution in [0.5, 0.6) is 0 Å². The Morgan fingerprint density at radius 3 is 2.62 bits per heavy atom. The molecule has 4 amide bonds. The lowest BCUT2D eigenvalue weighted by molar-refractivity contribution is -0.152. The Labute approximate surface area is 139 Å². The minimum absolute atomic E-state index is 0.223. The Hall–Kier alpha value is -2.74. The molecule has 1 aromatic rings. The highest BCUT2D eigenvalue weighted by atomic mass is 16.2. The molecule has 0 radical (unpaired) electrons. The molecule has 24 heavy (non-hydrogen) atoms. The topological polar surface area (TPSA) is 122 Å². The summed E-state index contributed by atoms with van der Waals surface area (Å²) in [5.41, 5.74) is 6.76. The van der Waals surface area contributed by atoms with Gasteiger partial charge in [0.2, 0.25) is 17.7 Å². The number of amides is 4. The molecule has 128 valence electrons. The molecule has 1 aliphatic rings. The van der Waals surface area contributed by atoms with E-state index >= 15 is 0 Å². The Bertz CT molecular complexity index is 647. The number of hydrogen-bond acceptors (Lipinski definition) is 5. The van der Waals surface area contributed by atoms with Gasteiger partial charge in [0.15, 0.2) is 0 Å². The van der Waals surface area contributed by atoms with Crippen molar-refractivity contribution in [3.63, 3.8) is 0 Å². The third kappa shape index (κ3) is 4.39. The summed E-state index contributed by atoms with van der Waals surface area (Å²) in [5, 5.41) is 4.85. The van der Waals surface area contributed by atoms with Gasteiger partial charge in [-0.05, 0) is 18.9 Å². The van der Waals surface area contributed by atoms with Crippen molar-refractivity contribution < 1.29 is 19.2 Å². The van der Waals surface area contributed by atoms with Crippen molar-refractivity contribution >= 4 is 23.6 Å². The number of hydrogen-bond donors (Lipinski definition) is 3. The fraction of sp³-hybridized carbons (Fsp3) is 0.375. The highest BCUT2D eigenvalue weighted by Crippen LogP contribution is 2.04. The molecule has 0 aromatic heterocycles. The summed E-state index contributed by atoms with van der Waals surface area (Å²) in [6.45, 7) is 0.891. The molecular weight excluding hydrogens is 312 g/mol. The van der Waals surface area contributed by atoms with Crippen LogP contribution in [0.25, 0.3) is 0 Å². The summed E-state index contributed by atoms with van der Waals surface area (Å²) in [5.74, 6) is -2.04. The first kappa shape index (κ1) is 17.6. The second-order valence-corrected chi connectivity index (χ2v) is 5.62. The molecular formula is C16H20N4O4. The highest BCUT2D eigenvalue weighted by molar-refractivity contribution is 6.05. The van der Waals surface area contributed by atoms with Gasteiger partial charge in [0.25, 0.3) is 5.91 Å². The third-order valence-corrected chi connectivity index (χ3v) is 3.67. The van der Waals surface area contributed by atoms with Crippen LogP contribution in [0, 0.1) is 0 Å². The minimum atomic E-state index is -0.950. The number of benzene rings is 1. The largest absolute Gasteiger partial charge is 0.345 e. The molecule has 2 unspecified atom stereocenters. The zero-order valence-electron chi connectivity index (χ0n) is 13.3. The number of piperazine rings is 1. The van der Waals surface area contributed by atoms with Crippen LogP contribution in [0.15, 0.2) is 30.3 Å². The summed E-state index contributed by atoms with van der Waals surface area (Å²) in [7, 11) is 0. The van der Waals surface area contributed by atoms with Crippen LogP contribution in [-0.4, -0.2) is 53.7 Å². The van der Waals surface area contributed by atoms with Gasteiger partial charge in [-0.15, -0.1) is 0 Å². The average molecular weight is 332 g/mol. The second-order valence-electron chi connectivity index (χ2n) is 5.62. The Morgan fingerprint density at radius 1 is 1.29 bits per heavy atom. The van der Waals surface area contributed by atoms with Crippen molar-refractivity contribution in [3.05, 3.63) is 35.9 Å². The summed E-state index contributed by atoms with van der Waals surface area (Å²) in [6.07, 6.45) is 0.332. The van der Waals surface area contributed by atoms with Crippen LogP contribution in [0.2, 0.25) is 0 Å². The number of nitrogens with two attached hydrogens (primary N) is 1. The van der Waals surface area contributed by atoms with Crippen LogP contribution in [0.1, 0.15) is 12.5 Å². The van der Waals surface area contributed by atoms with Gasteiger partial charge >= 0.3 is 0 Å². The molecule has 0 bridgehead atoms. The van der Waals surface area contributed by atoms with E-state index in [1.54, 1.807) is 0 Å². The Balaban J connectivity index is 1.91. The highest BCUT2D eigenvalue weighted by Gasteiger charge is 2.32. The lowest BCUT2D eigenvalue weighted by Gasteiger charge is -2.28. The fourth-order valence-corrected chi connectivity index (χ4v) is 2.33. The van der Waals surface area contributed by atoms with Crippen LogP contribution in [0.4, 0.5) is 0 Å².